The molecular weight excluding hydrogens is 318 g/mol. The Morgan fingerprint density at radius 3 is 3.04 bits per heavy atom. The highest BCUT2D eigenvalue weighted by atomic mass is 16.3. The number of aromatic nitrogens is 3. The van der Waals surface area contributed by atoms with Gasteiger partial charge in [0, 0.05) is 37.4 Å². The molecule has 1 aliphatic carbocycles. The first kappa shape index (κ1) is 18.2. The van der Waals surface area contributed by atoms with E-state index >= 15 is 0 Å². The average molecular weight is 349 g/mol. The molecule has 0 spiro atoms. The number of carbonyl (C=O) groups is 1. The molecule has 0 bridgehead atoms. The molecule has 2 atom stereocenters. The lowest BCUT2D eigenvalue weighted by Gasteiger charge is -2.30. The van der Waals surface area contributed by atoms with E-state index in [1.807, 2.05) is 6.92 Å². The maximum absolute atomic E-state index is 12.1. The van der Waals surface area contributed by atoms with Crippen molar-refractivity contribution in [3.8, 4) is 0 Å². The number of nitrogens with zero attached hydrogens (tertiary/aromatic N) is 3. The number of urea groups is 1. The van der Waals surface area contributed by atoms with Crippen molar-refractivity contribution in [3.05, 3.63) is 11.6 Å². The Labute approximate surface area is 149 Å². The van der Waals surface area contributed by atoms with E-state index < -0.39 is 0 Å². The number of hydrogen-bond donors (Lipinski definition) is 3. The highest BCUT2D eigenvalue weighted by Gasteiger charge is 2.39. The minimum atomic E-state index is -0.184. The summed E-state index contributed by atoms with van der Waals surface area (Å²) < 4.78 is 2.26. The molecule has 0 saturated heterocycles. The number of aliphatic hydroxyl groups is 1. The summed E-state index contributed by atoms with van der Waals surface area (Å²) in [6.07, 6.45) is 9.34. The molecule has 1 aromatic rings. The standard InChI is InChI=1S/C18H31N5O2/c1-18(13-24)10-5-7-14(18)20-17(25)19-11-6-9-16-22-21-15-8-3-2-4-12-23(15)16/h14,24H,2-13H2,1H3,(H2,19,20,25). The molecule has 1 aliphatic heterocycles. The van der Waals surface area contributed by atoms with Gasteiger partial charge in [-0.3, -0.25) is 0 Å². The predicted octanol–water partition coefficient (Wildman–Crippen LogP) is 1.79. The van der Waals surface area contributed by atoms with Gasteiger partial charge in [0.2, 0.25) is 0 Å². The van der Waals surface area contributed by atoms with Crippen LogP contribution in [0.4, 0.5) is 4.79 Å². The van der Waals surface area contributed by atoms with Crippen LogP contribution in [-0.2, 0) is 19.4 Å². The van der Waals surface area contributed by atoms with E-state index in [1.165, 1.54) is 19.3 Å². The summed E-state index contributed by atoms with van der Waals surface area (Å²) in [5.41, 5.74) is -0.184. The fourth-order valence-corrected chi connectivity index (χ4v) is 4.06. The van der Waals surface area contributed by atoms with Crippen molar-refractivity contribution in [1.82, 2.24) is 25.4 Å². The number of amides is 2. The Kier molecular flexibility index (Phi) is 5.93. The molecular formula is C18H31N5O2. The third kappa shape index (κ3) is 4.32. The summed E-state index contributed by atoms with van der Waals surface area (Å²) in [4.78, 5) is 12.1. The van der Waals surface area contributed by atoms with Crippen molar-refractivity contribution in [2.75, 3.05) is 13.2 Å². The van der Waals surface area contributed by atoms with Gasteiger partial charge in [-0.2, -0.15) is 0 Å². The maximum atomic E-state index is 12.1. The highest BCUT2D eigenvalue weighted by molar-refractivity contribution is 5.74. The second kappa shape index (κ2) is 8.17. The SMILES string of the molecule is CC1(CO)CCCC1NC(=O)NCCCc1nnc2n1CCCCC2. The van der Waals surface area contributed by atoms with Crippen LogP contribution in [0.15, 0.2) is 0 Å². The van der Waals surface area contributed by atoms with Gasteiger partial charge in [0.05, 0.1) is 6.61 Å². The summed E-state index contributed by atoms with van der Waals surface area (Å²) in [7, 11) is 0. The van der Waals surface area contributed by atoms with Gasteiger partial charge in [0.1, 0.15) is 11.6 Å². The number of rotatable bonds is 6. The summed E-state index contributed by atoms with van der Waals surface area (Å²) in [5, 5.41) is 24.2. The lowest BCUT2D eigenvalue weighted by atomic mass is 9.86. The Hall–Kier alpha value is -1.63. The number of aliphatic hydroxyl groups excluding tert-OH is 1. The smallest absolute Gasteiger partial charge is 0.315 e. The Morgan fingerprint density at radius 1 is 1.32 bits per heavy atom. The minimum Gasteiger partial charge on any atom is -0.396 e. The predicted molar refractivity (Wildman–Crippen MR) is 95.3 cm³/mol. The first-order chi connectivity index (χ1) is 12.1. The Morgan fingerprint density at radius 2 is 2.20 bits per heavy atom. The normalized spacial score (nSPS) is 26.1. The number of hydrogen-bond acceptors (Lipinski definition) is 4. The zero-order valence-electron chi connectivity index (χ0n) is 15.3. The van der Waals surface area contributed by atoms with E-state index in [2.05, 4.69) is 25.4 Å². The number of aryl methyl sites for hydroxylation is 2. The lowest BCUT2D eigenvalue weighted by molar-refractivity contribution is 0.121. The van der Waals surface area contributed by atoms with Crippen molar-refractivity contribution in [3.63, 3.8) is 0 Å². The molecule has 140 valence electrons. The van der Waals surface area contributed by atoms with Gasteiger partial charge in [-0.15, -0.1) is 10.2 Å². The second-order valence-electron chi connectivity index (χ2n) is 7.76. The van der Waals surface area contributed by atoms with Crippen molar-refractivity contribution in [1.29, 1.82) is 0 Å². The van der Waals surface area contributed by atoms with Crippen LogP contribution in [0.25, 0.3) is 0 Å². The molecule has 0 aromatic carbocycles. The van der Waals surface area contributed by atoms with Gasteiger partial charge >= 0.3 is 6.03 Å². The summed E-state index contributed by atoms with van der Waals surface area (Å²) in [6.45, 7) is 3.81. The molecule has 3 N–H and O–H groups in total. The van der Waals surface area contributed by atoms with Crippen LogP contribution in [0.2, 0.25) is 0 Å². The fraction of sp³-hybridized carbons (Fsp3) is 0.833. The maximum Gasteiger partial charge on any atom is 0.315 e. The van der Waals surface area contributed by atoms with Crippen molar-refractivity contribution >= 4 is 6.03 Å². The van der Waals surface area contributed by atoms with Crippen molar-refractivity contribution in [2.24, 2.45) is 5.41 Å². The topological polar surface area (TPSA) is 92.1 Å². The number of nitrogens with one attached hydrogen (secondary N) is 2. The van der Waals surface area contributed by atoms with Crippen molar-refractivity contribution in [2.45, 2.75) is 77.3 Å². The van der Waals surface area contributed by atoms with Gasteiger partial charge in [0.25, 0.3) is 0 Å². The largest absolute Gasteiger partial charge is 0.396 e. The van der Waals surface area contributed by atoms with Crippen LogP contribution in [0.5, 0.6) is 0 Å². The van der Waals surface area contributed by atoms with E-state index in [0.29, 0.717) is 6.54 Å². The van der Waals surface area contributed by atoms with E-state index in [0.717, 1.165) is 56.7 Å². The third-order valence-electron chi connectivity index (χ3n) is 5.80. The molecule has 2 heterocycles. The van der Waals surface area contributed by atoms with Gasteiger partial charge in [-0.1, -0.05) is 19.8 Å². The highest BCUT2D eigenvalue weighted by Crippen LogP contribution is 2.37. The van der Waals surface area contributed by atoms with Crippen LogP contribution < -0.4 is 10.6 Å². The molecule has 1 saturated carbocycles. The first-order valence-corrected chi connectivity index (χ1v) is 9.68. The van der Waals surface area contributed by atoms with E-state index in [4.69, 9.17) is 0 Å². The van der Waals surface area contributed by atoms with Crippen LogP contribution in [0, 0.1) is 5.41 Å². The monoisotopic (exact) mass is 349 g/mol. The molecule has 3 rings (SSSR count). The van der Waals surface area contributed by atoms with E-state index in [1.54, 1.807) is 0 Å². The molecule has 7 nitrogen and oxygen atoms in total. The van der Waals surface area contributed by atoms with Gasteiger partial charge < -0.3 is 20.3 Å². The van der Waals surface area contributed by atoms with Gasteiger partial charge in [0.15, 0.2) is 0 Å². The van der Waals surface area contributed by atoms with E-state index in [9.17, 15) is 9.90 Å². The first-order valence-electron chi connectivity index (χ1n) is 9.68. The zero-order chi connectivity index (χ0) is 17.7. The van der Waals surface area contributed by atoms with Crippen LogP contribution >= 0.6 is 0 Å². The summed E-state index contributed by atoms with van der Waals surface area (Å²) in [6, 6.07) is -0.0728. The second-order valence-corrected chi connectivity index (χ2v) is 7.76. The van der Waals surface area contributed by atoms with Crippen LogP contribution in [0.3, 0.4) is 0 Å². The van der Waals surface area contributed by atoms with Crippen LogP contribution in [0.1, 0.15) is 63.5 Å². The number of carbonyl (C=O) groups excluding carboxylic acids is 1. The van der Waals surface area contributed by atoms with Gasteiger partial charge in [-0.05, 0) is 32.1 Å². The molecule has 7 heteroatoms. The van der Waals surface area contributed by atoms with Crippen LogP contribution in [-0.4, -0.2) is 45.1 Å². The average Bonchev–Trinajstić information content (AvgIpc) is 3.07. The minimum absolute atomic E-state index is 0.0600. The Bertz CT molecular complexity index is 588. The lowest BCUT2D eigenvalue weighted by Crippen LogP contribution is -2.48. The zero-order valence-corrected chi connectivity index (χ0v) is 15.3. The Balaban J connectivity index is 1.40. The van der Waals surface area contributed by atoms with E-state index in [-0.39, 0.29) is 24.1 Å². The van der Waals surface area contributed by atoms with Crippen molar-refractivity contribution < 1.29 is 9.90 Å². The molecule has 0 radical (unpaired) electrons. The summed E-state index contributed by atoms with van der Waals surface area (Å²) >= 11 is 0. The quantitative estimate of drug-likeness (QED) is 0.683. The third-order valence-corrected chi connectivity index (χ3v) is 5.80. The van der Waals surface area contributed by atoms with Gasteiger partial charge in [-0.25, -0.2) is 4.79 Å². The summed E-state index contributed by atoms with van der Waals surface area (Å²) in [5.74, 6) is 2.16. The molecule has 2 unspecified atom stereocenters. The molecule has 2 amide bonds. The molecule has 1 aromatic heterocycles. The fourth-order valence-electron chi connectivity index (χ4n) is 4.06. The molecule has 2 aliphatic rings. The number of fused-ring (bicyclic) bond motifs is 1. The molecule has 1 fully saturated rings. The molecule has 25 heavy (non-hydrogen) atoms.